The molecular formula is C13H9BrN4. The summed E-state index contributed by atoms with van der Waals surface area (Å²) in [6.07, 6.45) is 3.30. The fraction of sp³-hybridized carbons (Fsp3) is 0. The average Bonchev–Trinajstić information content (AvgIpc) is 2.39. The van der Waals surface area contributed by atoms with Crippen LogP contribution in [0.15, 0.2) is 53.5 Å². The first kappa shape index (κ1) is 11.1. The highest BCUT2D eigenvalue weighted by Crippen LogP contribution is 2.20. The molecule has 0 fully saturated rings. The predicted octanol–water partition coefficient (Wildman–Crippen LogP) is 3.53. The summed E-state index contributed by atoms with van der Waals surface area (Å²) in [5.74, 6) is 0.750. The van der Waals surface area contributed by atoms with Gasteiger partial charge in [-0.15, -0.1) is 0 Å². The van der Waals surface area contributed by atoms with Crippen LogP contribution in [0.2, 0.25) is 0 Å². The average molecular weight is 301 g/mol. The van der Waals surface area contributed by atoms with Gasteiger partial charge in [0.15, 0.2) is 0 Å². The van der Waals surface area contributed by atoms with Crippen LogP contribution < -0.4 is 5.32 Å². The van der Waals surface area contributed by atoms with Crippen LogP contribution in [0.4, 0.5) is 11.5 Å². The van der Waals surface area contributed by atoms with E-state index in [9.17, 15) is 0 Å². The Balaban J connectivity index is 1.95. The Labute approximate surface area is 112 Å². The monoisotopic (exact) mass is 300 g/mol. The van der Waals surface area contributed by atoms with E-state index < -0.39 is 0 Å². The smallest absolute Gasteiger partial charge is 0.134 e. The quantitative estimate of drug-likeness (QED) is 0.736. The lowest BCUT2D eigenvalue weighted by Crippen LogP contribution is -1.94. The second-order valence-corrected chi connectivity index (χ2v) is 4.57. The number of aromatic nitrogens is 3. The molecule has 0 saturated carbocycles. The van der Waals surface area contributed by atoms with Crippen LogP contribution in [0.5, 0.6) is 0 Å². The summed E-state index contributed by atoms with van der Waals surface area (Å²) >= 11 is 3.31. The molecule has 0 amide bonds. The van der Waals surface area contributed by atoms with Crippen molar-refractivity contribution in [3.8, 4) is 0 Å². The molecule has 0 aliphatic rings. The van der Waals surface area contributed by atoms with Crippen molar-refractivity contribution in [3.63, 3.8) is 0 Å². The number of hydrogen-bond acceptors (Lipinski definition) is 4. The molecule has 88 valence electrons. The lowest BCUT2D eigenvalue weighted by atomic mass is 10.2. The predicted molar refractivity (Wildman–Crippen MR) is 74.8 cm³/mol. The zero-order valence-corrected chi connectivity index (χ0v) is 10.9. The normalized spacial score (nSPS) is 10.5. The summed E-state index contributed by atoms with van der Waals surface area (Å²) in [4.78, 5) is 12.4. The summed E-state index contributed by atoms with van der Waals surface area (Å²) in [6.45, 7) is 0. The van der Waals surface area contributed by atoms with Crippen LogP contribution in [0, 0.1) is 0 Å². The summed E-state index contributed by atoms with van der Waals surface area (Å²) in [5, 5.41) is 4.32. The molecule has 3 aromatic rings. The minimum absolute atomic E-state index is 0.750. The third-order valence-electron chi connectivity index (χ3n) is 2.51. The highest BCUT2D eigenvalue weighted by Gasteiger charge is 1.99. The van der Waals surface area contributed by atoms with Crippen molar-refractivity contribution in [3.05, 3.63) is 53.5 Å². The highest BCUT2D eigenvalue weighted by molar-refractivity contribution is 9.10. The van der Waals surface area contributed by atoms with Gasteiger partial charge < -0.3 is 5.32 Å². The molecule has 2 aromatic heterocycles. The first-order chi connectivity index (χ1) is 8.81. The van der Waals surface area contributed by atoms with E-state index >= 15 is 0 Å². The summed E-state index contributed by atoms with van der Waals surface area (Å²) in [5.41, 5.74) is 1.95. The van der Waals surface area contributed by atoms with Gasteiger partial charge in [-0.25, -0.2) is 9.97 Å². The van der Waals surface area contributed by atoms with Crippen LogP contribution in [-0.2, 0) is 0 Å². The van der Waals surface area contributed by atoms with Crippen LogP contribution in [-0.4, -0.2) is 15.0 Å². The van der Waals surface area contributed by atoms with Gasteiger partial charge in [0.25, 0.3) is 0 Å². The molecular weight excluding hydrogens is 292 g/mol. The molecule has 0 saturated heterocycles. The Kier molecular flexibility index (Phi) is 2.90. The van der Waals surface area contributed by atoms with E-state index in [1.807, 2.05) is 36.4 Å². The van der Waals surface area contributed by atoms with Crippen molar-refractivity contribution in [1.29, 1.82) is 0 Å². The van der Waals surface area contributed by atoms with E-state index in [2.05, 4.69) is 36.2 Å². The summed E-state index contributed by atoms with van der Waals surface area (Å²) in [6, 6.07) is 11.8. The highest BCUT2D eigenvalue weighted by atomic mass is 79.9. The molecule has 18 heavy (non-hydrogen) atoms. The second-order valence-electron chi connectivity index (χ2n) is 3.76. The number of fused-ring (bicyclic) bond motifs is 1. The molecule has 4 nitrogen and oxygen atoms in total. The fourth-order valence-corrected chi connectivity index (χ4v) is 2.01. The van der Waals surface area contributed by atoms with Crippen molar-refractivity contribution in [2.24, 2.45) is 0 Å². The topological polar surface area (TPSA) is 50.7 Å². The van der Waals surface area contributed by atoms with Gasteiger partial charge in [-0.3, -0.25) is 4.98 Å². The lowest BCUT2D eigenvalue weighted by Gasteiger charge is -2.06. The van der Waals surface area contributed by atoms with Gasteiger partial charge in [0, 0.05) is 23.3 Å². The molecule has 1 N–H and O–H groups in total. The molecule has 1 aromatic carbocycles. The number of nitrogens with zero attached hydrogens (tertiary/aromatic N) is 3. The SMILES string of the molecule is Brc1cc(Nc2ccc3ncccc3c2)ncn1. The van der Waals surface area contributed by atoms with Crippen LogP contribution in [0.1, 0.15) is 0 Å². The van der Waals surface area contributed by atoms with Crippen molar-refractivity contribution < 1.29 is 0 Å². The van der Waals surface area contributed by atoms with E-state index in [4.69, 9.17) is 0 Å². The molecule has 0 atom stereocenters. The third-order valence-corrected chi connectivity index (χ3v) is 2.94. The lowest BCUT2D eigenvalue weighted by molar-refractivity contribution is 1.14. The molecule has 0 radical (unpaired) electrons. The number of halogens is 1. The Morgan fingerprint density at radius 1 is 1.00 bits per heavy atom. The van der Waals surface area contributed by atoms with Gasteiger partial charge in [-0.1, -0.05) is 6.07 Å². The maximum Gasteiger partial charge on any atom is 0.134 e. The van der Waals surface area contributed by atoms with E-state index in [-0.39, 0.29) is 0 Å². The maximum absolute atomic E-state index is 4.28. The Hall–Kier alpha value is -2.01. The Morgan fingerprint density at radius 3 is 2.83 bits per heavy atom. The van der Waals surface area contributed by atoms with E-state index in [0.717, 1.165) is 27.0 Å². The van der Waals surface area contributed by atoms with Gasteiger partial charge in [-0.2, -0.15) is 0 Å². The minimum Gasteiger partial charge on any atom is -0.340 e. The van der Waals surface area contributed by atoms with E-state index in [0.29, 0.717) is 0 Å². The standard InChI is InChI=1S/C13H9BrN4/c14-12-7-13(17-8-16-12)18-10-3-4-11-9(6-10)2-1-5-15-11/h1-8H,(H,16,17,18). The number of anilines is 2. The Morgan fingerprint density at radius 2 is 1.94 bits per heavy atom. The zero-order chi connectivity index (χ0) is 12.4. The molecule has 0 aliphatic heterocycles. The number of nitrogens with one attached hydrogen (secondary N) is 1. The van der Waals surface area contributed by atoms with Gasteiger partial charge in [-0.05, 0) is 40.2 Å². The van der Waals surface area contributed by atoms with Crippen LogP contribution in [0.3, 0.4) is 0 Å². The number of benzene rings is 1. The molecule has 3 rings (SSSR count). The fourth-order valence-electron chi connectivity index (χ4n) is 1.70. The van der Waals surface area contributed by atoms with E-state index in [1.54, 1.807) is 6.20 Å². The number of pyridine rings is 1. The van der Waals surface area contributed by atoms with Gasteiger partial charge in [0.05, 0.1) is 5.52 Å². The van der Waals surface area contributed by atoms with Crippen molar-refractivity contribution in [1.82, 2.24) is 15.0 Å². The summed E-state index contributed by atoms with van der Waals surface area (Å²) in [7, 11) is 0. The second kappa shape index (κ2) is 4.70. The van der Waals surface area contributed by atoms with Gasteiger partial charge in [0.2, 0.25) is 0 Å². The molecule has 2 heterocycles. The Bertz CT molecular complexity index is 699. The largest absolute Gasteiger partial charge is 0.340 e. The van der Waals surface area contributed by atoms with Crippen LogP contribution >= 0.6 is 15.9 Å². The molecule has 0 bridgehead atoms. The molecule has 0 spiro atoms. The number of rotatable bonds is 2. The molecule has 0 aliphatic carbocycles. The number of hydrogen-bond donors (Lipinski definition) is 1. The van der Waals surface area contributed by atoms with Crippen molar-refractivity contribution in [2.45, 2.75) is 0 Å². The van der Waals surface area contributed by atoms with Gasteiger partial charge >= 0.3 is 0 Å². The first-order valence-electron chi connectivity index (χ1n) is 5.41. The van der Waals surface area contributed by atoms with Crippen molar-refractivity contribution >= 4 is 38.3 Å². The van der Waals surface area contributed by atoms with Crippen molar-refractivity contribution in [2.75, 3.05) is 5.32 Å². The molecule has 5 heteroatoms. The molecule has 0 unspecified atom stereocenters. The van der Waals surface area contributed by atoms with E-state index in [1.165, 1.54) is 6.33 Å². The van der Waals surface area contributed by atoms with Crippen LogP contribution in [0.25, 0.3) is 10.9 Å². The maximum atomic E-state index is 4.28. The van der Waals surface area contributed by atoms with Gasteiger partial charge in [0.1, 0.15) is 16.7 Å². The third kappa shape index (κ3) is 2.31. The summed E-state index contributed by atoms with van der Waals surface area (Å²) < 4.78 is 0.752. The first-order valence-corrected chi connectivity index (χ1v) is 6.20. The minimum atomic E-state index is 0.750. The zero-order valence-electron chi connectivity index (χ0n) is 9.34.